The molecule has 0 amide bonds. The summed E-state index contributed by atoms with van der Waals surface area (Å²) < 4.78 is 14.6. The molecule has 0 bridgehead atoms. The van der Waals surface area contributed by atoms with Crippen LogP contribution in [0.25, 0.3) is 10.2 Å². The summed E-state index contributed by atoms with van der Waals surface area (Å²) in [6.07, 6.45) is 2.35. The Hall–Kier alpha value is -1.37. The van der Waals surface area contributed by atoms with Crippen molar-refractivity contribution in [2.75, 3.05) is 13.1 Å². The van der Waals surface area contributed by atoms with E-state index in [2.05, 4.69) is 36.7 Å². The number of aromatic amines is 1. The van der Waals surface area contributed by atoms with Crippen molar-refractivity contribution >= 4 is 37.0 Å². The normalized spacial score (nSPS) is 30.3. The monoisotopic (exact) mass is 367 g/mol. The molecular weight excluding hydrogens is 348 g/mol. The Kier molecular flexibility index (Phi) is 3.94. The van der Waals surface area contributed by atoms with E-state index < -0.39 is 5.41 Å². The standard InChI is InChI=1S/C15H19FN5OPS/c1-8-9(5-17-20-8)11-4-10-13(24-11)14(22)19-12(18-10)6-21-3-2-15(16,23)7-21/h4-5,8-9,20H,2-3,6-7,23H2,1H3,(H,18,19,22). The number of hydrogen-bond acceptors (Lipinski definition) is 6. The molecule has 2 N–H and O–H groups in total. The summed E-state index contributed by atoms with van der Waals surface area (Å²) in [5.74, 6) is 0.751. The van der Waals surface area contributed by atoms with Gasteiger partial charge < -0.3 is 10.4 Å². The van der Waals surface area contributed by atoms with Crippen LogP contribution in [0.15, 0.2) is 16.0 Å². The van der Waals surface area contributed by atoms with Gasteiger partial charge in [0.2, 0.25) is 0 Å². The van der Waals surface area contributed by atoms with Crippen molar-refractivity contribution < 1.29 is 4.39 Å². The maximum atomic E-state index is 13.9. The number of rotatable bonds is 3. The number of nitrogens with zero attached hydrogens (tertiary/aromatic N) is 3. The van der Waals surface area contributed by atoms with Crippen LogP contribution in [0.5, 0.6) is 0 Å². The molecule has 4 rings (SSSR count). The Morgan fingerprint density at radius 3 is 3.08 bits per heavy atom. The Bertz CT molecular complexity index is 863. The van der Waals surface area contributed by atoms with Crippen molar-refractivity contribution in [3.05, 3.63) is 27.1 Å². The first-order valence-corrected chi connectivity index (χ1v) is 9.32. The van der Waals surface area contributed by atoms with E-state index in [0.717, 1.165) is 4.88 Å². The van der Waals surface area contributed by atoms with Gasteiger partial charge in [-0.15, -0.1) is 11.3 Å². The van der Waals surface area contributed by atoms with Gasteiger partial charge in [-0.1, -0.05) is 9.24 Å². The van der Waals surface area contributed by atoms with Crippen LogP contribution >= 0.6 is 20.6 Å². The average molecular weight is 367 g/mol. The fourth-order valence-corrected chi connectivity index (χ4v) is 4.78. The summed E-state index contributed by atoms with van der Waals surface area (Å²) in [5, 5.41) is 2.86. The highest BCUT2D eigenvalue weighted by atomic mass is 32.1. The van der Waals surface area contributed by atoms with Crippen LogP contribution in [0.2, 0.25) is 0 Å². The van der Waals surface area contributed by atoms with Gasteiger partial charge in [-0.25, -0.2) is 9.37 Å². The third kappa shape index (κ3) is 2.98. The highest BCUT2D eigenvalue weighted by molar-refractivity contribution is 7.19. The number of aromatic nitrogens is 2. The topological polar surface area (TPSA) is 73.4 Å². The van der Waals surface area contributed by atoms with Crippen LogP contribution < -0.4 is 11.0 Å². The Labute approximate surface area is 144 Å². The van der Waals surface area contributed by atoms with Crippen molar-refractivity contribution in [1.82, 2.24) is 20.3 Å². The molecule has 4 atom stereocenters. The van der Waals surface area contributed by atoms with E-state index in [-0.39, 0.29) is 17.5 Å². The fourth-order valence-electron chi connectivity index (χ4n) is 3.24. The molecule has 2 aliphatic heterocycles. The number of hydrazone groups is 1. The molecule has 2 aromatic heterocycles. The van der Waals surface area contributed by atoms with Crippen molar-refractivity contribution in [2.45, 2.75) is 37.3 Å². The van der Waals surface area contributed by atoms with Crippen molar-refractivity contribution in [3.8, 4) is 0 Å². The van der Waals surface area contributed by atoms with Gasteiger partial charge in [0.05, 0.1) is 24.0 Å². The minimum atomic E-state index is -1.23. The average Bonchev–Trinajstić information content (AvgIpc) is 3.18. The maximum Gasteiger partial charge on any atom is 0.268 e. The number of thiophene rings is 1. The van der Waals surface area contributed by atoms with Gasteiger partial charge in [0.1, 0.15) is 15.9 Å². The highest BCUT2D eigenvalue weighted by Crippen LogP contribution is 2.33. The van der Waals surface area contributed by atoms with Gasteiger partial charge in [0.15, 0.2) is 0 Å². The van der Waals surface area contributed by atoms with Gasteiger partial charge in [-0.3, -0.25) is 9.69 Å². The molecule has 1 fully saturated rings. The van der Waals surface area contributed by atoms with Crippen LogP contribution in [-0.4, -0.2) is 45.6 Å². The first-order chi connectivity index (χ1) is 11.4. The quantitative estimate of drug-likeness (QED) is 0.812. The number of H-pyrrole nitrogens is 1. The largest absolute Gasteiger partial charge is 0.308 e. The molecule has 2 aromatic rings. The molecule has 0 aromatic carbocycles. The van der Waals surface area contributed by atoms with Crippen LogP contribution in [0.1, 0.15) is 30.0 Å². The van der Waals surface area contributed by atoms with E-state index in [1.165, 1.54) is 11.3 Å². The summed E-state index contributed by atoms with van der Waals surface area (Å²) in [6, 6.07) is 2.18. The number of halogens is 1. The smallest absolute Gasteiger partial charge is 0.268 e. The lowest BCUT2D eigenvalue weighted by atomic mass is 10.0. The third-order valence-electron chi connectivity index (χ3n) is 4.53. The first-order valence-electron chi connectivity index (χ1n) is 7.93. The number of fused-ring (bicyclic) bond motifs is 1. The lowest BCUT2D eigenvalue weighted by Gasteiger charge is -2.16. The molecule has 4 unspecified atom stereocenters. The van der Waals surface area contributed by atoms with Crippen LogP contribution in [0.3, 0.4) is 0 Å². The van der Waals surface area contributed by atoms with Crippen molar-refractivity contribution in [1.29, 1.82) is 0 Å². The number of nitrogens with one attached hydrogen (secondary N) is 2. The zero-order valence-electron chi connectivity index (χ0n) is 13.3. The molecule has 9 heteroatoms. The molecule has 4 heterocycles. The Balaban J connectivity index is 1.62. The van der Waals surface area contributed by atoms with Crippen LogP contribution in [-0.2, 0) is 6.54 Å². The van der Waals surface area contributed by atoms with Crippen LogP contribution in [0, 0.1) is 0 Å². The zero-order valence-corrected chi connectivity index (χ0v) is 15.2. The van der Waals surface area contributed by atoms with E-state index in [9.17, 15) is 9.18 Å². The summed E-state index contributed by atoms with van der Waals surface area (Å²) in [7, 11) is 2.27. The Morgan fingerprint density at radius 2 is 2.42 bits per heavy atom. The number of alkyl halides is 1. The van der Waals surface area contributed by atoms with Gasteiger partial charge in [-0.2, -0.15) is 5.10 Å². The minimum Gasteiger partial charge on any atom is -0.308 e. The van der Waals surface area contributed by atoms with Crippen molar-refractivity contribution in [3.63, 3.8) is 0 Å². The van der Waals surface area contributed by atoms with Gasteiger partial charge in [-0.05, 0) is 19.4 Å². The lowest BCUT2D eigenvalue weighted by molar-refractivity contribution is 0.254. The fraction of sp³-hybridized carbons (Fsp3) is 0.533. The lowest BCUT2D eigenvalue weighted by Crippen LogP contribution is -2.26. The van der Waals surface area contributed by atoms with Gasteiger partial charge in [0.25, 0.3) is 5.56 Å². The molecular formula is C15H19FN5OPS. The number of hydrogen-bond donors (Lipinski definition) is 2. The molecule has 0 saturated carbocycles. The predicted molar refractivity (Wildman–Crippen MR) is 97.5 cm³/mol. The van der Waals surface area contributed by atoms with E-state index >= 15 is 0 Å². The van der Waals surface area contributed by atoms with Crippen LogP contribution in [0.4, 0.5) is 4.39 Å². The molecule has 0 aliphatic carbocycles. The molecule has 128 valence electrons. The van der Waals surface area contributed by atoms with Crippen molar-refractivity contribution in [2.24, 2.45) is 5.10 Å². The predicted octanol–water partition coefficient (Wildman–Crippen LogP) is 1.79. The summed E-state index contributed by atoms with van der Waals surface area (Å²) in [4.78, 5) is 22.9. The highest BCUT2D eigenvalue weighted by Gasteiger charge is 2.34. The third-order valence-corrected chi connectivity index (χ3v) is 6.23. The molecule has 24 heavy (non-hydrogen) atoms. The molecule has 6 nitrogen and oxygen atoms in total. The molecule has 0 spiro atoms. The van der Waals surface area contributed by atoms with Gasteiger partial charge in [0, 0.05) is 24.2 Å². The first kappa shape index (κ1) is 16.1. The summed E-state index contributed by atoms with van der Waals surface area (Å²) in [5.41, 5.74) is 3.60. The summed E-state index contributed by atoms with van der Waals surface area (Å²) in [6.45, 7) is 3.53. The maximum absolute atomic E-state index is 13.9. The van der Waals surface area contributed by atoms with Gasteiger partial charge >= 0.3 is 0 Å². The molecule has 1 saturated heterocycles. The summed E-state index contributed by atoms with van der Waals surface area (Å²) >= 11 is 1.46. The molecule has 2 aliphatic rings. The molecule has 0 radical (unpaired) electrons. The zero-order chi connectivity index (χ0) is 16.9. The van der Waals surface area contributed by atoms with E-state index in [1.54, 1.807) is 0 Å². The second-order valence-corrected chi connectivity index (χ2v) is 8.71. The van der Waals surface area contributed by atoms with E-state index in [4.69, 9.17) is 0 Å². The SMILES string of the molecule is CC1NN=CC1c1cc2nc(CN3CCC(F)(P)C3)[nH]c(=O)c2s1. The second kappa shape index (κ2) is 5.86. The van der Waals surface area contributed by atoms with E-state index in [0.29, 0.717) is 42.1 Å². The minimum absolute atomic E-state index is 0.126. The van der Waals surface area contributed by atoms with E-state index in [1.807, 2.05) is 17.2 Å². The Morgan fingerprint density at radius 1 is 1.58 bits per heavy atom. The number of likely N-dealkylation sites (tertiary alicyclic amines) is 1. The second-order valence-electron chi connectivity index (χ2n) is 6.59.